The third-order valence-corrected chi connectivity index (χ3v) is 5.86. The van der Waals surface area contributed by atoms with Crippen molar-refractivity contribution in [2.75, 3.05) is 13.7 Å². The standard InChI is InChI=1S/C22H17BrN2O4S/c1-3-8-29-19-11-17(23)16(9-18(19)28-2)10-20-21(26)25(22(27)30-20)13-15-7-5-4-6-14(15)12-24/h3-7,9-11H,1,8,13H2,2H3/b20-10+. The summed E-state index contributed by atoms with van der Waals surface area (Å²) in [4.78, 5) is 26.7. The second-order valence-electron chi connectivity index (χ2n) is 6.16. The number of nitrogens with zero attached hydrogens (tertiary/aromatic N) is 2. The summed E-state index contributed by atoms with van der Waals surface area (Å²) < 4.78 is 11.6. The first-order chi connectivity index (χ1) is 14.5. The van der Waals surface area contributed by atoms with Crippen LogP contribution in [0.4, 0.5) is 4.79 Å². The fourth-order valence-electron chi connectivity index (χ4n) is 2.80. The fourth-order valence-corrected chi connectivity index (χ4v) is 4.06. The van der Waals surface area contributed by atoms with Gasteiger partial charge in [0.1, 0.15) is 6.61 Å². The van der Waals surface area contributed by atoms with Crippen molar-refractivity contribution in [1.29, 1.82) is 5.26 Å². The number of nitriles is 1. The van der Waals surface area contributed by atoms with Crippen LogP contribution in [0.5, 0.6) is 11.5 Å². The van der Waals surface area contributed by atoms with Crippen molar-refractivity contribution in [3.8, 4) is 17.6 Å². The monoisotopic (exact) mass is 484 g/mol. The Morgan fingerprint density at radius 3 is 2.73 bits per heavy atom. The van der Waals surface area contributed by atoms with Crippen LogP contribution < -0.4 is 9.47 Å². The minimum absolute atomic E-state index is 0.0462. The van der Waals surface area contributed by atoms with E-state index in [1.807, 2.05) is 0 Å². The Labute approximate surface area is 186 Å². The van der Waals surface area contributed by atoms with Gasteiger partial charge in [-0.15, -0.1) is 0 Å². The van der Waals surface area contributed by atoms with E-state index < -0.39 is 5.91 Å². The molecule has 1 fully saturated rings. The number of rotatable bonds is 7. The lowest BCUT2D eigenvalue weighted by atomic mass is 10.1. The van der Waals surface area contributed by atoms with Gasteiger partial charge in [-0.25, -0.2) is 0 Å². The largest absolute Gasteiger partial charge is 0.493 e. The molecule has 2 aromatic carbocycles. The molecule has 1 aliphatic heterocycles. The summed E-state index contributed by atoms with van der Waals surface area (Å²) in [7, 11) is 1.52. The third-order valence-electron chi connectivity index (χ3n) is 4.27. The summed E-state index contributed by atoms with van der Waals surface area (Å²) >= 11 is 4.33. The Morgan fingerprint density at radius 2 is 2.03 bits per heavy atom. The summed E-state index contributed by atoms with van der Waals surface area (Å²) in [6, 6.07) is 12.4. The first-order valence-electron chi connectivity index (χ1n) is 8.83. The molecule has 0 aromatic heterocycles. The fraction of sp³-hybridized carbons (Fsp3) is 0.136. The van der Waals surface area contributed by atoms with E-state index in [1.54, 1.807) is 48.6 Å². The number of halogens is 1. The average molecular weight is 485 g/mol. The van der Waals surface area contributed by atoms with E-state index in [0.717, 1.165) is 16.7 Å². The van der Waals surface area contributed by atoms with Crippen LogP contribution in [0.1, 0.15) is 16.7 Å². The van der Waals surface area contributed by atoms with E-state index in [9.17, 15) is 14.9 Å². The van der Waals surface area contributed by atoms with Crippen molar-refractivity contribution in [2.45, 2.75) is 6.54 Å². The SMILES string of the molecule is C=CCOc1cc(Br)c(/C=C2/SC(=O)N(Cc3ccccc3C#N)C2=O)cc1OC. The third kappa shape index (κ3) is 4.58. The number of amides is 2. The van der Waals surface area contributed by atoms with Crippen molar-refractivity contribution >= 4 is 44.9 Å². The second-order valence-corrected chi connectivity index (χ2v) is 8.01. The highest BCUT2D eigenvalue weighted by Gasteiger charge is 2.35. The predicted octanol–water partition coefficient (Wildman–Crippen LogP) is 5.13. The van der Waals surface area contributed by atoms with E-state index in [0.29, 0.717) is 39.3 Å². The van der Waals surface area contributed by atoms with Crippen LogP contribution in [0.15, 0.2) is 58.4 Å². The number of imide groups is 1. The predicted molar refractivity (Wildman–Crippen MR) is 119 cm³/mol. The maximum absolute atomic E-state index is 12.8. The van der Waals surface area contributed by atoms with Crippen molar-refractivity contribution in [1.82, 2.24) is 4.90 Å². The number of carbonyl (C=O) groups is 2. The molecule has 1 aliphatic rings. The van der Waals surface area contributed by atoms with Crippen molar-refractivity contribution < 1.29 is 19.1 Å². The van der Waals surface area contributed by atoms with Gasteiger partial charge in [-0.2, -0.15) is 5.26 Å². The van der Waals surface area contributed by atoms with E-state index in [-0.39, 0.29) is 16.7 Å². The van der Waals surface area contributed by atoms with Crippen molar-refractivity contribution in [3.05, 3.63) is 75.1 Å². The lowest BCUT2D eigenvalue weighted by molar-refractivity contribution is -0.123. The van der Waals surface area contributed by atoms with E-state index in [1.165, 1.54) is 7.11 Å². The number of benzene rings is 2. The Bertz CT molecular complexity index is 1090. The molecule has 30 heavy (non-hydrogen) atoms. The molecular weight excluding hydrogens is 468 g/mol. The molecule has 6 nitrogen and oxygen atoms in total. The van der Waals surface area contributed by atoms with E-state index in [4.69, 9.17) is 9.47 Å². The Balaban J connectivity index is 1.88. The first-order valence-corrected chi connectivity index (χ1v) is 10.4. The van der Waals surface area contributed by atoms with E-state index >= 15 is 0 Å². The molecule has 0 bridgehead atoms. The second kappa shape index (κ2) is 9.65. The molecule has 152 valence electrons. The topological polar surface area (TPSA) is 79.6 Å². The average Bonchev–Trinajstić information content (AvgIpc) is 3.01. The van der Waals surface area contributed by atoms with Crippen molar-refractivity contribution in [2.24, 2.45) is 0 Å². The molecule has 1 saturated heterocycles. The number of carbonyl (C=O) groups excluding carboxylic acids is 2. The molecule has 0 aliphatic carbocycles. The van der Waals surface area contributed by atoms with Crippen LogP contribution in [0, 0.1) is 11.3 Å². The highest BCUT2D eigenvalue weighted by molar-refractivity contribution is 9.10. The number of thioether (sulfide) groups is 1. The maximum atomic E-state index is 12.8. The van der Waals surface area contributed by atoms with Gasteiger partial charge in [-0.05, 0) is 47.2 Å². The zero-order valence-corrected chi connectivity index (χ0v) is 18.5. The maximum Gasteiger partial charge on any atom is 0.293 e. The van der Waals surface area contributed by atoms with Crippen LogP contribution in [0.3, 0.4) is 0 Å². The minimum Gasteiger partial charge on any atom is -0.493 e. The Hall–Kier alpha value is -3.02. The number of ether oxygens (including phenoxy) is 2. The first kappa shape index (κ1) is 21.7. The van der Waals surface area contributed by atoms with Crippen molar-refractivity contribution in [3.63, 3.8) is 0 Å². The zero-order chi connectivity index (χ0) is 21.7. The molecule has 0 N–H and O–H groups in total. The van der Waals surface area contributed by atoms with Crippen LogP contribution in [0.2, 0.25) is 0 Å². The summed E-state index contributed by atoms with van der Waals surface area (Å²) in [6.45, 7) is 3.99. The molecule has 0 atom stereocenters. The highest BCUT2D eigenvalue weighted by atomic mass is 79.9. The lowest BCUT2D eigenvalue weighted by Gasteiger charge is -2.13. The Morgan fingerprint density at radius 1 is 1.27 bits per heavy atom. The van der Waals surface area contributed by atoms with Crippen LogP contribution in [-0.4, -0.2) is 29.8 Å². The van der Waals surface area contributed by atoms with Gasteiger partial charge in [0.2, 0.25) is 0 Å². The molecule has 2 amide bonds. The lowest BCUT2D eigenvalue weighted by Crippen LogP contribution is -2.27. The smallest absolute Gasteiger partial charge is 0.293 e. The minimum atomic E-state index is -0.407. The molecule has 8 heteroatoms. The van der Waals surface area contributed by atoms with Gasteiger partial charge >= 0.3 is 0 Å². The summed E-state index contributed by atoms with van der Waals surface area (Å²) in [5, 5.41) is 8.86. The van der Waals surface area contributed by atoms with Crippen LogP contribution >= 0.6 is 27.7 Å². The van der Waals surface area contributed by atoms with Gasteiger partial charge in [0.25, 0.3) is 11.1 Å². The summed E-state index contributed by atoms with van der Waals surface area (Å²) in [5.41, 5.74) is 1.72. The summed E-state index contributed by atoms with van der Waals surface area (Å²) in [6.07, 6.45) is 3.26. The molecular formula is C22H17BrN2O4S. The van der Waals surface area contributed by atoms with Gasteiger partial charge in [-0.3, -0.25) is 14.5 Å². The molecule has 2 aromatic rings. The molecule has 0 saturated carbocycles. The van der Waals surface area contributed by atoms with E-state index in [2.05, 4.69) is 28.6 Å². The summed E-state index contributed by atoms with van der Waals surface area (Å²) in [5.74, 6) is 0.617. The normalized spacial score (nSPS) is 14.7. The molecule has 3 rings (SSSR count). The van der Waals surface area contributed by atoms with Gasteiger partial charge in [0.05, 0.1) is 30.2 Å². The van der Waals surface area contributed by atoms with Gasteiger partial charge < -0.3 is 9.47 Å². The van der Waals surface area contributed by atoms with Gasteiger partial charge in [0.15, 0.2) is 11.5 Å². The number of methoxy groups -OCH3 is 1. The highest BCUT2D eigenvalue weighted by Crippen LogP contribution is 2.38. The molecule has 0 spiro atoms. The molecule has 1 heterocycles. The number of hydrogen-bond donors (Lipinski definition) is 0. The zero-order valence-electron chi connectivity index (χ0n) is 16.1. The Kier molecular flexibility index (Phi) is 6.98. The van der Waals surface area contributed by atoms with Crippen LogP contribution in [-0.2, 0) is 11.3 Å². The van der Waals surface area contributed by atoms with Crippen LogP contribution in [0.25, 0.3) is 6.08 Å². The quantitative estimate of drug-likeness (QED) is 0.400. The number of hydrogen-bond acceptors (Lipinski definition) is 6. The molecule has 0 unspecified atom stereocenters. The van der Waals surface area contributed by atoms with Gasteiger partial charge in [-0.1, -0.05) is 46.8 Å². The molecule has 0 radical (unpaired) electrons. The van der Waals surface area contributed by atoms with Gasteiger partial charge in [0, 0.05) is 4.47 Å².